The van der Waals surface area contributed by atoms with E-state index in [2.05, 4.69) is 258 Å². The number of anilines is 8. The summed E-state index contributed by atoms with van der Waals surface area (Å²) in [6.45, 7) is 2.01. The zero-order valence-electron chi connectivity index (χ0n) is 36.3. The smallest absolute Gasteiger partial charge is 0.333 e. The maximum absolute atomic E-state index is 7.14. The fourth-order valence-electron chi connectivity index (χ4n) is 10.6. The summed E-state index contributed by atoms with van der Waals surface area (Å²) in [5, 5.41) is 2.22. The standard InChI is InChI=1S/C61H42BN3O/c1-41-37-45(43-21-8-3-9-22-43)33-35-55(41)64-57-36-34-48(63(46-24-10-4-11-25-46)47-26-12-5-13-27-47)39-54(57)62-59-52(40-53-51-30-15-17-32-58(51)66-61(53)60(59)64)50-29-14-16-31-56(50)65(62)49-28-18-23-44(38-49)42-19-6-2-7-20-42/h2-40H,1H3. The Morgan fingerprint density at radius 1 is 0.424 bits per heavy atom. The zero-order chi connectivity index (χ0) is 43.7. The lowest BCUT2D eigenvalue weighted by atomic mass is 9.43. The van der Waals surface area contributed by atoms with E-state index < -0.39 is 0 Å². The van der Waals surface area contributed by atoms with Crippen LogP contribution in [0.5, 0.6) is 0 Å². The predicted molar refractivity (Wildman–Crippen MR) is 278 cm³/mol. The first kappa shape index (κ1) is 38.0. The second kappa shape index (κ2) is 15.3. The van der Waals surface area contributed by atoms with Crippen LogP contribution in [-0.2, 0) is 0 Å². The zero-order valence-corrected chi connectivity index (χ0v) is 36.3. The minimum Gasteiger partial charge on any atom is -0.454 e. The molecule has 66 heavy (non-hydrogen) atoms. The Balaban J connectivity index is 1.15. The fraction of sp³-hybridized carbons (Fsp3) is 0.0164. The molecule has 5 heteroatoms. The summed E-state index contributed by atoms with van der Waals surface area (Å²) < 4.78 is 7.14. The largest absolute Gasteiger partial charge is 0.454 e. The molecule has 0 radical (unpaired) electrons. The third kappa shape index (κ3) is 6.01. The number of benzene rings is 10. The molecule has 2 aliphatic heterocycles. The van der Waals surface area contributed by atoms with Crippen LogP contribution in [0.25, 0.3) is 55.3 Å². The first-order valence-electron chi connectivity index (χ1n) is 22.7. The van der Waals surface area contributed by atoms with Crippen LogP contribution < -0.4 is 25.5 Å². The molecule has 1 aromatic heterocycles. The van der Waals surface area contributed by atoms with E-state index in [1.54, 1.807) is 0 Å². The van der Waals surface area contributed by atoms with Gasteiger partial charge in [-0.05, 0) is 136 Å². The van der Waals surface area contributed by atoms with E-state index in [0.29, 0.717) is 0 Å². The van der Waals surface area contributed by atoms with Gasteiger partial charge < -0.3 is 19.0 Å². The average molecular weight is 844 g/mol. The number of furan rings is 1. The van der Waals surface area contributed by atoms with Crippen molar-refractivity contribution in [2.45, 2.75) is 6.92 Å². The van der Waals surface area contributed by atoms with E-state index in [-0.39, 0.29) is 6.85 Å². The first-order chi connectivity index (χ1) is 32.7. The molecule has 3 heterocycles. The lowest BCUT2D eigenvalue weighted by Crippen LogP contribution is -2.61. The average Bonchev–Trinajstić information content (AvgIpc) is 3.76. The van der Waals surface area contributed by atoms with Gasteiger partial charge in [-0.3, -0.25) is 0 Å². The summed E-state index contributed by atoms with van der Waals surface area (Å²) in [4.78, 5) is 7.47. The van der Waals surface area contributed by atoms with Crippen LogP contribution in [0.2, 0.25) is 0 Å². The molecular formula is C61H42BN3O. The fourth-order valence-corrected chi connectivity index (χ4v) is 10.6. The maximum Gasteiger partial charge on any atom is 0.333 e. The Bertz CT molecular complexity index is 3590. The van der Waals surface area contributed by atoms with E-state index >= 15 is 0 Å². The Morgan fingerprint density at radius 2 is 1.03 bits per heavy atom. The molecule has 0 saturated carbocycles. The summed E-state index contributed by atoms with van der Waals surface area (Å²) in [6, 6.07) is 85.7. The summed E-state index contributed by atoms with van der Waals surface area (Å²) in [6.07, 6.45) is 0. The molecule has 0 saturated heterocycles. The summed E-state index contributed by atoms with van der Waals surface area (Å²) >= 11 is 0. The normalized spacial score (nSPS) is 12.5. The minimum atomic E-state index is -0.239. The van der Waals surface area contributed by atoms with Crippen molar-refractivity contribution in [3.63, 3.8) is 0 Å². The molecule has 11 aromatic rings. The second-order valence-electron chi connectivity index (χ2n) is 17.3. The number of fused-ring (bicyclic) bond motifs is 8. The van der Waals surface area contributed by atoms with Crippen molar-refractivity contribution in [2.75, 3.05) is 14.6 Å². The topological polar surface area (TPSA) is 22.9 Å². The Hall–Kier alpha value is -8.54. The molecule has 0 fully saturated rings. The first-order valence-corrected chi connectivity index (χ1v) is 22.7. The molecule has 0 spiro atoms. The lowest BCUT2D eigenvalue weighted by Gasteiger charge is -2.46. The Labute approximate surface area is 385 Å². The van der Waals surface area contributed by atoms with Gasteiger partial charge in [-0.2, -0.15) is 0 Å². The number of nitrogens with zero attached hydrogens (tertiary/aromatic N) is 3. The lowest BCUT2D eigenvalue weighted by molar-refractivity contribution is 0.669. The van der Waals surface area contributed by atoms with E-state index in [0.717, 1.165) is 67.4 Å². The molecule has 0 amide bonds. The van der Waals surface area contributed by atoms with Gasteiger partial charge in [0.25, 0.3) is 0 Å². The van der Waals surface area contributed by atoms with Crippen molar-refractivity contribution in [2.24, 2.45) is 0 Å². The third-order valence-corrected chi connectivity index (χ3v) is 13.5. The molecule has 0 unspecified atom stereocenters. The van der Waals surface area contributed by atoms with Gasteiger partial charge in [0.2, 0.25) is 0 Å². The Morgan fingerprint density at radius 3 is 1.74 bits per heavy atom. The monoisotopic (exact) mass is 843 g/mol. The quantitative estimate of drug-likeness (QED) is 0.149. The molecule has 4 nitrogen and oxygen atoms in total. The van der Waals surface area contributed by atoms with Crippen LogP contribution in [0.3, 0.4) is 0 Å². The number of hydrogen-bond donors (Lipinski definition) is 0. The van der Waals surface area contributed by atoms with Crippen LogP contribution in [0.15, 0.2) is 241 Å². The Kier molecular flexibility index (Phi) is 8.82. The van der Waals surface area contributed by atoms with Gasteiger partial charge in [-0.15, -0.1) is 0 Å². The molecule has 2 aliphatic rings. The van der Waals surface area contributed by atoms with Crippen molar-refractivity contribution in [3.8, 4) is 33.4 Å². The predicted octanol–water partition coefficient (Wildman–Crippen LogP) is 15.4. The van der Waals surface area contributed by atoms with Crippen LogP contribution in [0, 0.1) is 6.92 Å². The third-order valence-electron chi connectivity index (χ3n) is 13.5. The molecule has 0 atom stereocenters. The molecule has 0 aliphatic carbocycles. The van der Waals surface area contributed by atoms with Crippen LogP contribution >= 0.6 is 0 Å². The summed E-state index contributed by atoms with van der Waals surface area (Å²) in [5.41, 5.74) is 21.3. The van der Waals surface area contributed by atoms with Gasteiger partial charge in [0.15, 0.2) is 5.58 Å². The van der Waals surface area contributed by atoms with Crippen molar-refractivity contribution < 1.29 is 4.42 Å². The van der Waals surface area contributed by atoms with Gasteiger partial charge in [0.05, 0.1) is 5.69 Å². The van der Waals surface area contributed by atoms with E-state index in [4.69, 9.17) is 4.42 Å². The van der Waals surface area contributed by atoms with Crippen molar-refractivity contribution in [1.82, 2.24) is 0 Å². The summed E-state index contributed by atoms with van der Waals surface area (Å²) in [5.74, 6) is 0. The molecule has 0 bridgehead atoms. The highest BCUT2D eigenvalue weighted by Gasteiger charge is 2.47. The van der Waals surface area contributed by atoms with Crippen molar-refractivity contribution in [3.05, 3.63) is 242 Å². The number of rotatable bonds is 7. The van der Waals surface area contributed by atoms with Gasteiger partial charge in [0, 0.05) is 56.1 Å². The minimum absolute atomic E-state index is 0.239. The molecule has 10 aromatic carbocycles. The second-order valence-corrected chi connectivity index (χ2v) is 17.3. The van der Waals surface area contributed by atoms with Crippen molar-refractivity contribution >= 4 is 85.2 Å². The van der Waals surface area contributed by atoms with Crippen LogP contribution in [-0.4, -0.2) is 6.85 Å². The van der Waals surface area contributed by atoms with Gasteiger partial charge >= 0.3 is 6.85 Å². The number of aryl methyl sites for hydroxylation is 1. The SMILES string of the molecule is Cc1cc(-c2ccccc2)ccc1N1c2ccc(N(c3ccccc3)c3ccccc3)cc2B2c3c(cc4c(oc5ccccc54)c31)-c1ccccc1N2c1cccc(-c2ccccc2)c1. The number of hydrogen-bond acceptors (Lipinski definition) is 4. The highest BCUT2D eigenvalue weighted by Crippen LogP contribution is 2.52. The van der Waals surface area contributed by atoms with E-state index in [1.165, 1.54) is 49.9 Å². The van der Waals surface area contributed by atoms with Crippen LogP contribution in [0.4, 0.5) is 45.5 Å². The molecule has 310 valence electrons. The van der Waals surface area contributed by atoms with E-state index in [9.17, 15) is 0 Å². The molecular weight excluding hydrogens is 802 g/mol. The number of para-hydroxylation sites is 4. The maximum atomic E-state index is 7.14. The van der Waals surface area contributed by atoms with E-state index in [1.807, 2.05) is 0 Å². The highest BCUT2D eigenvalue weighted by molar-refractivity contribution is 6.94. The van der Waals surface area contributed by atoms with Crippen LogP contribution in [0.1, 0.15) is 5.56 Å². The van der Waals surface area contributed by atoms with Crippen molar-refractivity contribution in [1.29, 1.82) is 0 Å². The summed E-state index contributed by atoms with van der Waals surface area (Å²) in [7, 11) is 0. The molecule has 13 rings (SSSR count). The highest BCUT2D eigenvalue weighted by atomic mass is 16.3. The molecule has 0 N–H and O–H groups in total. The van der Waals surface area contributed by atoms with Gasteiger partial charge in [-0.25, -0.2) is 0 Å². The van der Waals surface area contributed by atoms with Gasteiger partial charge in [0.1, 0.15) is 5.58 Å². The van der Waals surface area contributed by atoms with Gasteiger partial charge in [-0.1, -0.05) is 152 Å².